The van der Waals surface area contributed by atoms with E-state index in [4.69, 9.17) is 0 Å². The van der Waals surface area contributed by atoms with Crippen molar-refractivity contribution in [1.82, 2.24) is 10.2 Å². The summed E-state index contributed by atoms with van der Waals surface area (Å²) in [5.74, 6) is 0.161. The number of aryl methyl sites for hydroxylation is 1. The van der Waals surface area contributed by atoms with Gasteiger partial charge in [-0.05, 0) is 35.6 Å². The maximum Gasteiger partial charge on any atom is 0.358 e. The SMILES string of the molecule is CCc1ccsc1CNc1ccc(C(=O)OC)nn1. The maximum atomic E-state index is 11.2. The van der Waals surface area contributed by atoms with Crippen LogP contribution in [0.3, 0.4) is 0 Å². The van der Waals surface area contributed by atoms with Crippen LogP contribution in [-0.4, -0.2) is 23.3 Å². The summed E-state index contributed by atoms with van der Waals surface area (Å²) in [5, 5.41) is 13.0. The second-order valence-electron chi connectivity index (χ2n) is 3.87. The molecule has 0 saturated carbocycles. The van der Waals surface area contributed by atoms with Gasteiger partial charge in [-0.1, -0.05) is 6.92 Å². The van der Waals surface area contributed by atoms with E-state index in [1.165, 1.54) is 17.6 Å². The Morgan fingerprint density at radius 3 is 2.84 bits per heavy atom. The summed E-state index contributed by atoms with van der Waals surface area (Å²) in [5.41, 5.74) is 1.55. The van der Waals surface area contributed by atoms with E-state index >= 15 is 0 Å². The van der Waals surface area contributed by atoms with Crippen molar-refractivity contribution < 1.29 is 9.53 Å². The number of nitrogens with one attached hydrogen (secondary N) is 1. The molecule has 2 heterocycles. The summed E-state index contributed by atoms with van der Waals surface area (Å²) in [6, 6.07) is 5.45. The minimum Gasteiger partial charge on any atom is -0.464 e. The fraction of sp³-hybridized carbons (Fsp3) is 0.308. The third-order valence-electron chi connectivity index (χ3n) is 2.71. The van der Waals surface area contributed by atoms with Crippen molar-refractivity contribution in [1.29, 1.82) is 0 Å². The van der Waals surface area contributed by atoms with E-state index in [2.05, 4.69) is 38.6 Å². The molecule has 0 bridgehead atoms. The van der Waals surface area contributed by atoms with E-state index in [-0.39, 0.29) is 5.69 Å². The van der Waals surface area contributed by atoms with Crippen LogP contribution in [0.1, 0.15) is 27.9 Å². The van der Waals surface area contributed by atoms with E-state index in [1.54, 1.807) is 23.5 Å². The Morgan fingerprint density at radius 1 is 1.37 bits per heavy atom. The van der Waals surface area contributed by atoms with Crippen LogP contribution < -0.4 is 5.32 Å². The lowest BCUT2D eigenvalue weighted by Gasteiger charge is -2.05. The Hall–Kier alpha value is -1.95. The molecular formula is C13H15N3O2S. The first-order chi connectivity index (χ1) is 9.24. The molecule has 0 radical (unpaired) electrons. The van der Waals surface area contributed by atoms with Gasteiger partial charge in [-0.15, -0.1) is 21.5 Å². The number of carbonyl (C=O) groups is 1. The van der Waals surface area contributed by atoms with E-state index in [0.717, 1.165) is 6.42 Å². The summed E-state index contributed by atoms with van der Waals surface area (Å²) in [7, 11) is 1.32. The number of ether oxygens (including phenoxy) is 1. The predicted molar refractivity (Wildman–Crippen MR) is 74.4 cm³/mol. The van der Waals surface area contributed by atoms with Crippen LogP contribution >= 0.6 is 11.3 Å². The maximum absolute atomic E-state index is 11.2. The Morgan fingerprint density at radius 2 is 2.21 bits per heavy atom. The fourth-order valence-corrected chi connectivity index (χ4v) is 2.56. The summed E-state index contributed by atoms with van der Waals surface area (Å²) >= 11 is 1.72. The molecule has 0 atom stereocenters. The standard InChI is InChI=1S/C13H15N3O2S/c1-3-9-6-7-19-11(9)8-14-12-5-4-10(15-16-12)13(17)18-2/h4-7H,3,8H2,1-2H3,(H,14,16). The van der Waals surface area contributed by atoms with Crippen molar-refractivity contribution in [3.63, 3.8) is 0 Å². The first-order valence-electron chi connectivity index (χ1n) is 5.95. The Kier molecular flexibility index (Phi) is 4.46. The molecule has 0 amide bonds. The van der Waals surface area contributed by atoms with Gasteiger partial charge in [0.15, 0.2) is 5.69 Å². The topological polar surface area (TPSA) is 64.1 Å². The Labute approximate surface area is 115 Å². The highest BCUT2D eigenvalue weighted by Crippen LogP contribution is 2.18. The highest BCUT2D eigenvalue weighted by Gasteiger charge is 2.08. The van der Waals surface area contributed by atoms with Crippen LogP contribution in [0.5, 0.6) is 0 Å². The predicted octanol–water partition coefficient (Wildman–Crippen LogP) is 2.50. The number of hydrogen-bond donors (Lipinski definition) is 1. The van der Waals surface area contributed by atoms with Gasteiger partial charge in [0.1, 0.15) is 5.82 Å². The quantitative estimate of drug-likeness (QED) is 0.851. The molecule has 0 saturated heterocycles. The number of anilines is 1. The van der Waals surface area contributed by atoms with Gasteiger partial charge in [-0.3, -0.25) is 0 Å². The number of esters is 1. The van der Waals surface area contributed by atoms with Gasteiger partial charge in [-0.25, -0.2) is 4.79 Å². The highest BCUT2D eigenvalue weighted by molar-refractivity contribution is 7.10. The molecule has 6 heteroatoms. The Bertz CT molecular complexity index is 551. The van der Waals surface area contributed by atoms with Crippen LogP contribution in [0.25, 0.3) is 0 Å². The van der Waals surface area contributed by atoms with E-state index in [0.29, 0.717) is 12.4 Å². The molecule has 0 spiro atoms. The van der Waals surface area contributed by atoms with Crippen molar-refractivity contribution in [3.8, 4) is 0 Å². The minimum absolute atomic E-state index is 0.207. The van der Waals surface area contributed by atoms with Gasteiger partial charge in [0.05, 0.1) is 13.7 Å². The number of rotatable bonds is 5. The van der Waals surface area contributed by atoms with Crippen LogP contribution in [0.4, 0.5) is 5.82 Å². The third-order valence-corrected chi connectivity index (χ3v) is 3.67. The molecule has 0 aliphatic heterocycles. The number of methoxy groups -OCH3 is 1. The molecule has 2 rings (SSSR count). The van der Waals surface area contributed by atoms with Gasteiger partial charge in [-0.2, -0.15) is 0 Å². The Balaban J connectivity index is 1.98. The molecule has 19 heavy (non-hydrogen) atoms. The van der Waals surface area contributed by atoms with Crippen molar-refractivity contribution in [2.24, 2.45) is 0 Å². The summed E-state index contributed by atoms with van der Waals surface area (Å²) in [6.45, 7) is 2.85. The molecule has 1 N–H and O–H groups in total. The third kappa shape index (κ3) is 3.29. The van der Waals surface area contributed by atoms with E-state index < -0.39 is 5.97 Å². The van der Waals surface area contributed by atoms with Crippen molar-refractivity contribution in [2.45, 2.75) is 19.9 Å². The molecule has 0 aliphatic rings. The lowest BCUT2D eigenvalue weighted by molar-refractivity contribution is 0.0593. The van der Waals surface area contributed by atoms with Crippen LogP contribution in [-0.2, 0) is 17.7 Å². The zero-order valence-corrected chi connectivity index (χ0v) is 11.7. The van der Waals surface area contributed by atoms with Crippen molar-refractivity contribution in [3.05, 3.63) is 39.7 Å². The lowest BCUT2D eigenvalue weighted by atomic mass is 10.2. The minimum atomic E-state index is -0.481. The van der Waals surface area contributed by atoms with Gasteiger partial charge in [0.2, 0.25) is 0 Å². The molecule has 0 fully saturated rings. The monoisotopic (exact) mass is 277 g/mol. The molecule has 0 aromatic carbocycles. The van der Waals surface area contributed by atoms with Crippen LogP contribution in [0, 0.1) is 0 Å². The molecule has 100 valence electrons. The largest absolute Gasteiger partial charge is 0.464 e. The average molecular weight is 277 g/mol. The highest BCUT2D eigenvalue weighted by atomic mass is 32.1. The van der Waals surface area contributed by atoms with Gasteiger partial charge >= 0.3 is 5.97 Å². The number of aromatic nitrogens is 2. The summed E-state index contributed by atoms with van der Waals surface area (Å²) < 4.78 is 4.57. The molecule has 5 nitrogen and oxygen atoms in total. The molecule has 2 aromatic rings. The summed E-state index contributed by atoms with van der Waals surface area (Å²) in [4.78, 5) is 12.5. The van der Waals surface area contributed by atoms with E-state index in [1.807, 2.05) is 0 Å². The number of hydrogen-bond acceptors (Lipinski definition) is 6. The molecule has 0 aliphatic carbocycles. The molecule has 2 aromatic heterocycles. The molecule has 0 unspecified atom stereocenters. The number of thiophene rings is 1. The van der Waals surface area contributed by atoms with Crippen molar-refractivity contribution in [2.75, 3.05) is 12.4 Å². The smallest absolute Gasteiger partial charge is 0.358 e. The lowest BCUT2D eigenvalue weighted by Crippen LogP contribution is -2.08. The van der Waals surface area contributed by atoms with E-state index in [9.17, 15) is 4.79 Å². The zero-order valence-electron chi connectivity index (χ0n) is 10.8. The normalized spacial score (nSPS) is 10.2. The molecular weight excluding hydrogens is 262 g/mol. The van der Waals surface area contributed by atoms with Crippen LogP contribution in [0.2, 0.25) is 0 Å². The second-order valence-corrected chi connectivity index (χ2v) is 4.87. The summed E-state index contributed by atoms with van der Waals surface area (Å²) in [6.07, 6.45) is 1.02. The number of nitrogens with zero attached hydrogens (tertiary/aromatic N) is 2. The van der Waals surface area contributed by atoms with Gasteiger partial charge < -0.3 is 10.1 Å². The number of carbonyl (C=O) groups excluding carboxylic acids is 1. The second kappa shape index (κ2) is 6.29. The first-order valence-corrected chi connectivity index (χ1v) is 6.83. The van der Waals surface area contributed by atoms with Gasteiger partial charge in [0, 0.05) is 4.88 Å². The fourth-order valence-electron chi connectivity index (χ4n) is 1.65. The van der Waals surface area contributed by atoms with Crippen LogP contribution in [0.15, 0.2) is 23.6 Å². The first kappa shape index (κ1) is 13.5. The van der Waals surface area contributed by atoms with Gasteiger partial charge in [0.25, 0.3) is 0 Å². The average Bonchev–Trinajstić information content (AvgIpc) is 2.92. The van der Waals surface area contributed by atoms with Crippen molar-refractivity contribution >= 4 is 23.1 Å². The zero-order chi connectivity index (χ0) is 13.7.